The van der Waals surface area contributed by atoms with Crippen molar-refractivity contribution in [1.29, 1.82) is 0 Å². The Morgan fingerprint density at radius 1 is 0.919 bits per heavy atom. The van der Waals surface area contributed by atoms with Gasteiger partial charge in [-0.05, 0) is 72.0 Å². The van der Waals surface area contributed by atoms with Crippen molar-refractivity contribution in [1.82, 2.24) is 0 Å². The van der Waals surface area contributed by atoms with Crippen molar-refractivity contribution in [3.63, 3.8) is 0 Å². The van der Waals surface area contributed by atoms with Crippen molar-refractivity contribution in [2.45, 2.75) is 44.6 Å². The van der Waals surface area contributed by atoms with Crippen molar-refractivity contribution >= 4 is 17.1 Å². The molecule has 7 rings (SSSR count). The Morgan fingerprint density at radius 3 is 2.76 bits per heavy atom. The standard InChI is InChI=1S/C35H32N2/c1-35(2)29-18-6-4-8-22-33(29)37(34-23-12-10-19-30(34)35)26-15-13-14-25(24-26)36-31-20-7-3-5-16-27(31)28-17-9-11-21-32(28)36/h3-4,6-8,10-16,18-21,23-24,28,32H,9,17,22H2,1-2H3. The van der Waals surface area contributed by atoms with Gasteiger partial charge in [0.1, 0.15) is 0 Å². The monoisotopic (exact) mass is 480 g/mol. The van der Waals surface area contributed by atoms with Gasteiger partial charge in [0, 0.05) is 46.2 Å². The van der Waals surface area contributed by atoms with Gasteiger partial charge in [-0.3, -0.25) is 0 Å². The first-order chi connectivity index (χ1) is 18.1. The van der Waals surface area contributed by atoms with Gasteiger partial charge in [0.2, 0.25) is 0 Å². The van der Waals surface area contributed by atoms with Gasteiger partial charge in [-0.15, -0.1) is 5.73 Å². The lowest BCUT2D eigenvalue weighted by Gasteiger charge is -2.43. The van der Waals surface area contributed by atoms with E-state index in [-0.39, 0.29) is 5.41 Å². The first kappa shape index (κ1) is 22.2. The number of benzene rings is 2. The molecule has 182 valence electrons. The lowest BCUT2D eigenvalue weighted by molar-refractivity contribution is 0.519. The molecule has 5 aliphatic rings. The number of allylic oxidation sites excluding steroid dienone is 9. The van der Waals surface area contributed by atoms with Crippen LogP contribution in [0.2, 0.25) is 0 Å². The molecule has 2 atom stereocenters. The molecule has 0 N–H and O–H groups in total. The van der Waals surface area contributed by atoms with Crippen LogP contribution in [0.1, 0.15) is 38.7 Å². The van der Waals surface area contributed by atoms with Gasteiger partial charge in [0.05, 0.1) is 6.04 Å². The van der Waals surface area contributed by atoms with Crippen LogP contribution in [0.15, 0.2) is 138 Å². The van der Waals surface area contributed by atoms with Gasteiger partial charge in [-0.2, -0.15) is 0 Å². The summed E-state index contributed by atoms with van der Waals surface area (Å²) in [6, 6.07) is 18.4. The summed E-state index contributed by atoms with van der Waals surface area (Å²) >= 11 is 0. The maximum atomic E-state index is 3.37. The molecule has 3 aliphatic carbocycles. The van der Waals surface area contributed by atoms with Crippen LogP contribution >= 0.6 is 0 Å². The van der Waals surface area contributed by atoms with E-state index in [4.69, 9.17) is 0 Å². The van der Waals surface area contributed by atoms with E-state index in [0.29, 0.717) is 12.0 Å². The van der Waals surface area contributed by atoms with E-state index >= 15 is 0 Å². The SMILES string of the molecule is CC1(C)C2=C(CC=CC=C2)N(c2cccc(N3C4=C(C=C=CC=C4)C4CCC=CC43)c2)c2ccccc21. The fourth-order valence-electron chi connectivity index (χ4n) is 6.87. The van der Waals surface area contributed by atoms with E-state index in [1.165, 1.54) is 51.6 Å². The van der Waals surface area contributed by atoms with Gasteiger partial charge in [0.25, 0.3) is 0 Å². The normalized spacial score (nSPS) is 24.6. The predicted octanol–water partition coefficient (Wildman–Crippen LogP) is 8.58. The van der Waals surface area contributed by atoms with Crippen LogP contribution in [0, 0.1) is 5.92 Å². The first-order valence-electron chi connectivity index (χ1n) is 13.5. The molecule has 37 heavy (non-hydrogen) atoms. The molecule has 0 aromatic heterocycles. The van der Waals surface area contributed by atoms with Crippen LogP contribution in [0.5, 0.6) is 0 Å². The fourth-order valence-corrected chi connectivity index (χ4v) is 6.87. The summed E-state index contributed by atoms with van der Waals surface area (Å²) in [5, 5.41) is 0. The number of nitrogens with zero attached hydrogens (tertiary/aromatic N) is 2. The van der Waals surface area contributed by atoms with Crippen molar-refractivity contribution < 1.29 is 0 Å². The van der Waals surface area contributed by atoms with E-state index in [0.717, 1.165) is 12.8 Å². The molecule has 0 bridgehead atoms. The molecule has 0 saturated heterocycles. The number of rotatable bonds is 2. The molecule has 2 aromatic rings. The van der Waals surface area contributed by atoms with Crippen LogP contribution in [0.3, 0.4) is 0 Å². The summed E-state index contributed by atoms with van der Waals surface area (Å²) in [5.74, 6) is 0.510. The zero-order valence-corrected chi connectivity index (χ0v) is 21.6. The Hall–Kier alpha value is -4.00. The number of hydrogen-bond donors (Lipinski definition) is 0. The topological polar surface area (TPSA) is 6.48 Å². The lowest BCUT2D eigenvalue weighted by atomic mass is 9.72. The summed E-state index contributed by atoms with van der Waals surface area (Å²) in [5.41, 5.74) is 13.9. The number of fused-ring (bicyclic) bond motifs is 3. The van der Waals surface area contributed by atoms with E-state index < -0.39 is 0 Å². The Balaban J connectivity index is 1.40. The van der Waals surface area contributed by atoms with E-state index in [2.05, 4.69) is 133 Å². The Morgan fingerprint density at radius 2 is 1.81 bits per heavy atom. The molecule has 2 heterocycles. The minimum absolute atomic E-state index is 0.0538. The zero-order valence-electron chi connectivity index (χ0n) is 21.6. The van der Waals surface area contributed by atoms with E-state index in [1.54, 1.807) is 0 Å². The maximum absolute atomic E-state index is 3.37. The molecular formula is C35H32N2. The number of hydrogen-bond acceptors (Lipinski definition) is 2. The molecule has 2 aromatic carbocycles. The van der Waals surface area contributed by atoms with Gasteiger partial charge >= 0.3 is 0 Å². The summed E-state index contributed by atoms with van der Waals surface area (Å²) in [6.45, 7) is 4.72. The van der Waals surface area contributed by atoms with Crippen LogP contribution in [0.25, 0.3) is 0 Å². The average molecular weight is 481 g/mol. The zero-order chi connectivity index (χ0) is 25.0. The highest BCUT2D eigenvalue weighted by Gasteiger charge is 2.40. The van der Waals surface area contributed by atoms with E-state index in [1.807, 2.05) is 6.08 Å². The molecule has 0 amide bonds. The first-order valence-corrected chi connectivity index (χ1v) is 13.5. The summed E-state index contributed by atoms with van der Waals surface area (Å²) < 4.78 is 0. The lowest BCUT2D eigenvalue weighted by Crippen LogP contribution is -2.35. The Bertz CT molecular complexity index is 1530. The van der Waals surface area contributed by atoms with Gasteiger partial charge in [0.15, 0.2) is 0 Å². The van der Waals surface area contributed by atoms with Crippen LogP contribution < -0.4 is 9.80 Å². The largest absolute Gasteiger partial charge is 0.334 e. The Kier molecular flexibility index (Phi) is 5.13. The molecule has 2 nitrogen and oxygen atoms in total. The van der Waals surface area contributed by atoms with Gasteiger partial charge in [-0.1, -0.05) is 80.6 Å². The molecule has 2 aliphatic heterocycles. The third-order valence-corrected chi connectivity index (χ3v) is 8.59. The molecule has 0 radical (unpaired) electrons. The third-order valence-electron chi connectivity index (χ3n) is 8.59. The molecule has 0 saturated carbocycles. The molecule has 0 spiro atoms. The summed E-state index contributed by atoms with van der Waals surface area (Å²) in [7, 11) is 0. The molecule has 2 heteroatoms. The molecular weight excluding hydrogens is 448 g/mol. The quantitative estimate of drug-likeness (QED) is 0.314. The highest BCUT2D eigenvalue weighted by Crippen LogP contribution is 2.51. The van der Waals surface area contributed by atoms with Gasteiger partial charge < -0.3 is 9.80 Å². The Labute approximate surface area is 220 Å². The van der Waals surface area contributed by atoms with Crippen molar-refractivity contribution in [2.75, 3.05) is 9.80 Å². The molecule has 2 unspecified atom stereocenters. The summed E-state index contributed by atoms with van der Waals surface area (Å²) in [4.78, 5) is 5.05. The average Bonchev–Trinajstić information content (AvgIpc) is 3.13. The second-order valence-corrected chi connectivity index (χ2v) is 11.0. The smallest absolute Gasteiger partial charge is 0.0592 e. The predicted molar refractivity (Wildman–Crippen MR) is 155 cm³/mol. The fraction of sp³-hybridized carbons (Fsp3) is 0.229. The van der Waals surface area contributed by atoms with E-state index in [9.17, 15) is 0 Å². The van der Waals surface area contributed by atoms with Crippen molar-refractivity contribution in [3.05, 3.63) is 143 Å². The minimum atomic E-state index is -0.0538. The second kappa shape index (κ2) is 8.54. The maximum Gasteiger partial charge on any atom is 0.0592 e. The van der Waals surface area contributed by atoms with Crippen molar-refractivity contribution in [3.8, 4) is 0 Å². The number of para-hydroxylation sites is 1. The third kappa shape index (κ3) is 3.40. The highest BCUT2D eigenvalue weighted by molar-refractivity contribution is 5.80. The minimum Gasteiger partial charge on any atom is -0.334 e. The van der Waals surface area contributed by atoms with Crippen LogP contribution in [-0.4, -0.2) is 6.04 Å². The van der Waals surface area contributed by atoms with Crippen molar-refractivity contribution in [2.24, 2.45) is 5.92 Å². The second-order valence-electron chi connectivity index (χ2n) is 11.0. The molecule has 0 fully saturated rings. The van der Waals surface area contributed by atoms with Crippen LogP contribution in [0.4, 0.5) is 17.1 Å². The summed E-state index contributed by atoms with van der Waals surface area (Å²) in [6.07, 6.45) is 25.6. The highest BCUT2D eigenvalue weighted by atomic mass is 15.2. The van der Waals surface area contributed by atoms with Crippen LogP contribution in [-0.2, 0) is 5.41 Å². The number of anilines is 3. The van der Waals surface area contributed by atoms with Gasteiger partial charge in [-0.25, -0.2) is 0 Å².